The molecule has 3 aliphatic rings. The topological polar surface area (TPSA) is 21.3 Å². The second-order valence-corrected chi connectivity index (χ2v) is 8.09. The molecule has 2 aliphatic heterocycles. The van der Waals surface area contributed by atoms with Gasteiger partial charge in [0.25, 0.3) is 0 Å². The summed E-state index contributed by atoms with van der Waals surface area (Å²) in [4.78, 5) is 0. The van der Waals surface area contributed by atoms with Crippen molar-refractivity contribution >= 4 is 11.8 Å². The van der Waals surface area contributed by atoms with Gasteiger partial charge in [-0.1, -0.05) is 19.8 Å². The first kappa shape index (κ1) is 14.2. The second kappa shape index (κ2) is 6.36. The summed E-state index contributed by atoms with van der Waals surface area (Å²) in [6.07, 6.45) is 10.7. The van der Waals surface area contributed by atoms with Crippen LogP contribution < -0.4 is 5.32 Å². The Kier molecular flexibility index (Phi) is 4.76. The van der Waals surface area contributed by atoms with Gasteiger partial charge in [0.05, 0.1) is 5.60 Å². The SMILES string of the molecule is CC1CCCCC1NC1CCOC2(CCSCC2)C1. The molecule has 0 aromatic carbocycles. The van der Waals surface area contributed by atoms with Crippen molar-refractivity contribution in [2.45, 2.75) is 76.0 Å². The largest absolute Gasteiger partial charge is 0.375 e. The zero-order valence-electron chi connectivity index (χ0n) is 12.3. The van der Waals surface area contributed by atoms with Crippen LogP contribution in [0.3, 0.4) is 0 Å². The molecule has 2 heterocycles. The van der Waals surface area contributed by atoms with Gasteiger partial charge in [-0.05, 0) is 55.9 Å². The zero-order chi connectivity index (χ0) is 13.1. The predicted molar refractivity (Wildman–Crippen MR) is 82.8 cm³/mol. The summed E-state index contributed by atoms with van der Waals surface area (Å²) < 4.78 is 6.20. The van der Waals surface area contributed by atoms with E-state index < -0.39 is 0 Å². The Labute approximate surface area is 122 Å². The van der Waals surface area contributed by atoms with Gasteiger partial charge in [0.1, 0.15) is 0 Å². The molecule has 110 valence electrons. The first-order chi connectivity index (χ1) is 9.27. The molecule has 19 heavy (non-hydrogen) atoms. The molecule has 3 fully saturated rings. The van der Waals surface area contributed by atoms with Gasteiger partial charge in [-0.15, -0.1) is 0 Å². The van der Waals surface area contributed by atoms with Crippen LogP contribution in [0.4, 0.5) is 0 Å². The molecule has 1 saturated carbocycles. The maximum absolute atomic E-state index is 6.20. The van der Waals surface area contributed by atoms with Crippen molar-refractivity contribution < 1.29 is 4.74 Å². The Morgan fingerprint density at radius 3 is 2.68 bits per heavy atom. The molecule has 2 saturated heterocycles. The van der Waals surface area contributed by atoms with E-state index in [1.54, 1.807) is 0 Å². The summed E-state index contributed by atoms with van der Waals surface area (Å²) in [5.74, 6) is 3.47. The Balaban J connectivity index is 1.55. The van der Waals surface area contributed by atoms with Crippen LogP contribution in [0.5, 0.6) is 0 Å². The van der Waals surface area contributed by atoms with Gasteiger partial charge >= 0.3 is 0 Å². The third kappa shape index (κ3) is 3.48. The smallest absolute Gasteiger partial charge is 0.0713 e. The average Bonchev–Trinajstić information content (AvgIpc) is 2.42. The van der Waals surface area contributed by atoms with Crippen LogP contribution in [0.1, 0.15) is 58.3 Å². The highest BCUT2D eigenvalue weighted by atomic mass is 32.2. The molecule has 3 heteroatoms. The lowest BCUT2D eigenvalue weighted by molar-refractivity contribution is -0.0951. The molecule has 0 radical (unpaired) electrons. The summed E-state index contributed by atoms with van der Waals surface area (Å²) >= 11 is 2.10. The van der Waals surface area contributed by atoms with Gasteiger partial charge < -0.3 is 10.1 Å². The van der Waals surface area contributed by atoms with Crippen molar-refractivity contribution in [1.29, 1.82) is 0 Å². The molecule has 2 nitrogen and oxygen atoms in total. The van der Waals surface area contributed by atoms with Gasteiger partial charge in [-0.2, -0.15) is 11.8 Å². The highest BCUT2D eigenvalue weighted by Crippen LogP contribution is 2.38. The van der Waals surface area contributed by atoms with Crippen molar-refractivity contribution in [3.63, 3.8) is 0 Å². The Hall–Kier alpha value is 0.270. The zero-order valence-corrected chi connectivity index (χ0v) is 13.1. The average molecular weight is 283 g/mol. The van der Waals surface area contributed by atoms with Gasteiger partial charge in [-0.25, -0.2) is 0 Å². The summed E-state index contributed by atoms with van der Waals surface area (Å²) in [6.45, 7) is 3.41. The Morgan fingerprint density at radius 2 is 1.89 bits per heavy atom. The number of ether oxygens (including phenoxy) is 1. The molecule has 0 aromatic heterocycles. The summed E-state index contributed by atoms with van der Waals surface area (Å²) in [6, 6.07) is 1.48. The summed E-state index contributed by atoms with van der Waals surface area (Å²) in [5.41, 5.74) is 0.235. The van der Waals surface area contributed by atoms with E-state index in [0.717, 1.165) is 18.6 Å². The van der Waals surface area contributed by atoms with Crippen LogP contribution in [-0.4, -0.2) is 35.8 Å². The van der Waals surface area contributed by atoms with E-state index in [9.17, 15) is 0 Å². The molecular weight excluding hydrogens is 254 g/mol. The third-order valence-corrected chi connectivity index (χ3v) is 6.44. The van der Waals surface area contributed by atoms with Crippen LogP contribution in [0.15, 0.2) is 0 Å². The monoisotopic (exact) mass is 283 g/mol. The number of rotatable bonds is 2. The molecule has 0 bridgehead atoms. The van der Waals surface area contributed by atoms with Crippen molar-refractivity contribution in [2.24, 2.45) is 5.92 Å². The fourth-order valence-electron chi connectivity index (χ4n) is 4.13. The van der Waals surface area contributed by atoms with Crippen LogP contribution >= 0.6 is 11.8 Å². The van der Waals surface area contributed by atoms with Crippen LogP contribution in [-0.2, 0) is 4.74 Å². The molecule has 3 unspecified atom stereocenters. The maximum atomic E-state index is 6.20. The number of nitrogens with one attached hydrogen (secondary N) is 1. The van der Waals surface area contributed by atoms with E-state index in [1.165, 1.54) is 62.9 Å². The highest BCUT2D eigenvalue weighted by Gasteiger charge is 2.39. The van der Waals surface area contributed by atoms with E-state index in [2.05, 4.69) is 24.0 Å². The number of hydrogen-bond donors (Lipinski definition) is 1. The fourth-order valence-corrected chi connectivity index (χ4v) is 5.37. The van der Waals surface area contributed by atoms with Crippen molar-refractivity contribution in [3.8, 4) is 0 Å². The molecule has 3 rings (SSSR count). The standard InChI is InChI=1S/C16H29NOS/c1-13-4-2-3-5-15(13)17-14-6-9-18-16(12-14)7-10-19-11-8-16/h13-15,17H,2-12H2,1H3. The Bertz CT molecular complexity index is 285. The van der Waals surface area contributed by atoms with Gasteiger partial charge in [-0.3, -0.25) is 0 Å². The lowest BCUT2D eigenvalue weighted by Crippen LogP contribution is -2.52. The molecule has 1 aliphatic carbocycles. The minimum absolute atomic E-state index is 0.235. The molecule has 1 N–H and O–H groups in total. The molecular formula is C16H29NOS. The predicted octanol–water partition coefficient (Wildman–Crippen LogP) is 3.60. The van der Waals surface area contributed by atoms with Crippen LogP contribution in [0, 0.1) is 5.92 Å². The lowest BCUT2D eigenvalue weighted by Gasteiger charge is -2.45. The van der Waals surface area contributed by atoms with Gasteiger partial charge in [0.2, 0.25) is 0 Å². The number of thioether (sulfide) groups is 1. The van der Waals surface area contributed by atoms with Crippen molar-refractivity contribution in [1.82, 2.24) is 5.32 Å². The fraction of sp³-hybridized carbons (Fsp3) is 1.00. The van der Waals surface area contributed by atoms with Gasteiger partial charge in [0.15, 0.2) is 0 Å². The van der Waals surface area contributed by atoms with Crippen molar-refractivity contribution in [2.75, 3.05) is 18.1 Å². The van der Waals surface area contributed by atoms with Crippen molar-refractivity contribution in [3.05, 3.63) is 0 Å². The maximum Gasteiger partial charge on any atom is 0.0713 e. The van der Waals surface area contributed by atoms with E-state index >= 15 is 0 Å². The second-order valence-electron chi connectivity index (χ2n) is 6.87. The van der Waals surface area contributed by atoms with E-state index in [0.29, 0.717) is 6.04 Å². The normalized spacial score (nSPS) is 39.3. The minimum atomic E-state index is 0.235. The third-order valence-electron chi connectivity index (χ3n) is 5.46. The highest BCUT2D eigenvalue weighted by molar-refractivity contribution is 7.99. The Morgan fingerprint density at radius 1 is 1.11 bits per heavy atom. The molecule has 1 spiro atoms. The summed E-state index contributed by atoms with van der Waals surface area (Å²) in [5, 5.41) is 3.99. The molecule has 0 aromatic rings. The summed E-state index contributed by atoms with van der Waals surface area (Å²) in [7, 11) is 0. The van der Waals surface area contributed by atoms with Crippen LogP contribution in [0.2, 0.25) is 0 Å². The first-order valence-electron chi connectivity index (χ1n) is 8.25. The number of hydrogen-bond acceptors (Lipinski definition) is 3. The first-order valence-corrected chi connectivity index (χ1v) is 9.41. The molecule has 0 amide bonds. The lowest BCUT2D eigenvalue weighted by atomic mass is 9.82. The van der Waals surface area contributed by atoms with E-state index in [1.807, 2.05) is 0 Å². The minimum Gasteiger partial charge on any atom is -0.375 e. The van der Waals surface area contributed by atoms with E-state index in [-0.39, 0.29) is 5.60 Å². The molecule has 3 atom stereocenters. The van der Waals surface area contributed by atoms with Crippen LogP contribution in [0.25, 0.3) is 0 Å². The quantitative estimate of drug-likeness (QED) is 0.836. The van der Waals surface area contributed by atoms with Gasteiger partial charge in [0, 0.05) is 18.7 Å². The van der Waals surface area contributed by atoms with E-state index in [4.69, 9.17) is 4.74 Å².